The summed E-state index contributed by atoms with van der Waals surface area (Å²) in [4.78, 5) is 26.9. The van der Waals surface area contributed by atoms with Crippen molar-refractivity contribution < 1.29 is 14.7 Å². The number of rotatable bonds is 5. The zero-order valence-electron chi connectivity index (χ0n) is 11.5. The number of nitrogens with one attached hydrogen (secondary N) is 1. The van der Waals surface area contributed by atoms with E-state index in [1.807, 2.05) is 13.8 Å². The third kappa shape index (κ3) is 3.14. The fourth-order valence-corrected chi connectivity index (χ4v) is 1.84. The van der Waals surface area contributed by atoms with E-state index in [0.717, 1.165) is 0 Å². The minimum Gasteiger partial charge on any atom is -0.478 e. The minimum absolute atomic E-state index is 0.112. The first kappa shape index (κ1) is 14.0. The van der Waals surface area contributed by atoms with Gasteiger partial charge in [0.2, 0.25) is 5.91 Å². The molecule has 0 aliphatic heterocycles. The van der Waals surface area contributed by atoms with Crippen LogP contribution in [0.5, 0.6) is 0 Å². The number of benzene rings is 1. The summed E-state index contributed by atoms with van der Waals surface area (Å²) >= 11 is 0. The Morgan fingerprint density at radius 1 is 1.40 bits per heavy atom. The number of carboxylic acids is 1. The Bertz CT molecular complexity index is 646. The van der Waals surface area contributed by atoms with Crippen LogP contribution in [0.3, 0.4) is 0 Å². The topological polar surface area (TPSA) is 84.2 Å². The number of nitrogens with zero attached hydrogens (tertiary/aromatic N) is 2. The number of carbonyl (C=O) groups is 2. The molecule has 20 heavy (non-hydrogen) atoms. The van der Waals surface area contributed by atoms with Crippen LogP contribution < -0.4 is 5.32 Å². The summed E-state index contributed by atoms with van der Waals surface area (Å²) in [6.45, 7) is 4.79. The molecule has 0 bridgehead atoms. The summed E-state index contributed by atoms with van der Waals surface area (Å²) in [5, 5.41) is 11.8. The maximum Gasteiger partial charge on any atom is 0.335 e. The van der Waals surface area contributed by atoms with Crippen molar-refractivity contribution in [2.24, 2.45) is 5.92 Å². The predicted octanol–water partition coefficient (Wildman–Crippen LogP) is 1.51. The monoisotopic (exact) mass is 275 g/mol. The van der Waals surface area contributed by atoms with E-state index in [-0.39, 0.29) is 18.0 Å². The molecule has 2 N–H and O–H groups in total. The largest absolute Gasteiger partial charge is 0.478 e. The average Bonchev–Trinajstić information content (AvgIpc) is 2.79. The normalized spacial score (nSPS) is 10.9. The van der Waals surface area contributed by atoms with Crippen LogP contribution in [-0.4, -0.2) is 33.1 Å². The van der Waals surface area contributed by atoms with Gasteiger partial charge in [0.25, 0.3) is 0 Å². The van der Waals surface area contributed by atoms with E-state index in [9.17, 15) is 9.59 Å². The van der Waals surface area contributed by atoms with Gasteiger partial charge in [0, 0.05) is 6.54 Å². The van der Waals surface area contributed by atoms with Crippen LogP contribution in [0.2, 0.25) is 0 Å². The van der Waals surface area contributed by atoms with Gasteiger partial charge in [-0.1, -0.05) is 13.8 Å². The first-order valence-corrected chi connectivity index (χ1v) is 6.42. The van der Waals surface area contributed by atoms with Crippen LogP contribution in [0.15, 0.2) is 24.5 Å². The molecule has 0 unspecified atom stereocenters. The van der Waals surface area contributed by atoms with Gasteiger partial charge in [-0.05, 0) is 24.1 Å². The third-order valence-electron chi connectivity index (χ3n) is 2.89. The van der Waals surface area contributed by atoms with Crippen molar-refractivity contribution in [3.05, 3.63) is 30.1 Å². The van der Waals surface area contributed by atoms with Gasteiger partial charge in [-0.25, -0.2) is 9.78 Å². The number of hydrogen-bond acceptors (Lipinski definition) is 3. The molecule has 0 atom stereocenters. The van der Waals surface area contributed by atoms with Gasteiger partial charge in [0.15, 0.2) is 0 Å². The minimum atomic E-state index is -0.996. The zero-order chi connectivity index (χ0) is 14.7. The molecular formula is C14H17N3O3. The molecule has 0 radical (unpaired) electrons. The Morgan fingerprint density at radius 3 is 2.80 bits per heavy atom. The second-order valence-corrected chi connectivity index (χ2v) is 5.08. The van der Waals surface area contributed by atoms with E-state index in [1.165, 1.54) is 12.1 Å². The third-order valence-corrected chi connectivity index (χ3v) is 2.89. The average molecular weight is 275 g/mol. The fraction of sp³-hybridized carbons (Fsp3) is 0.357. The SMILES string of the molecule is CC(C)CNC(=O)Cn1cnc2ccc(C(=O)O)cc21. The van der Waals surface area contributed by atoms with E-state index >= 15 is 0 Å². The van der Waals surface area contributed by atoms with Crippen LogP contribution >= 0.6 is 0 Å². The van der Waals surface area contributed by atoms with Crippen molar-refractivity contribution in [1.82, 2.24) is 14.9 Å². The molecule has 6 heteroatoms. The van der Waals surface area contributed by atoms with Crippen molar-refractivity contribution in [3.8, 4) is 0 Å². The van der Waals surface area contributed by atoms with Crippen molar-refractivity contribution >= 4 is 22.9 Å². The Hall–Kier alpha value is -2.37. The van der Waals surface area contributed by atoms with Crippen LogP contribution in [0, 0.1) is 5.92 Å². The molecule has 0 saturated heterocycles. The molecule has 0 aliphatic carbocycles. The van der Waals surface area contributed by atoms with Gasteiger partial charge in [-0.2, -0.15) is 0 Å². The molecule has 106 valence electrons. The highest BCUT2D eigenvalue weighted by Gasteiger charge is 2.10. The number of carbonyl (C=O) groups excluding carboxylic acids is 1. The van der Waals surface area contributed by atoms with Gasteiger partial charge in [0.05, 0.1) is 22.9 Å². The van der Waals surface area contributed by atoms with Gasteiger partial charge >= 0.3 is 5.97 Å². The highest BCUT2D eigenvalue weighted by Crippen LogP contribution is 2.15. The van der Waals surface area contributed by atoms with Gasteiger partial charge < -0.3 is 15.0 Å². The summed E-state index contributed by atoms with van der Waals surface area (Å²) in [7, 11) is 0. The van der Waals surface area contributed by atoms with Gasteiger partial charge in [-0.15, -0.1) is 0 Å². The van der Waals surface area contributed by atoms with E-state index in [2.05, 4.69) is 10.3 Å². The zero-order valence-corrected chi connectivity index (χ0v) is 11.5. The van der Waals surface area contributed by atoms with Crippen molar-refractivity contribution in [2.45, 2.75) is 20.4 Å². The standard InChI is InChI=1S/C14H17N3O3/c1-9(2)6-15-13(18)7-17-8-16-11-4-3-10(14(19)20)5-12(11)17/h3-5,8-9H,6-7H2,1-2H3,(H,15,18)(H,19,20). The fourth-order valence-electron chi connectivity index (χ4n) is 1.84. The maximum absolute atomic E-state index is 11.8. The molecular weight excluding hydrogens is 258 g/mol. The maximum atomic E-state index is 11.8. The molecule has 0 fully saturated rings. The molecule has 2 aromatic rings. The first-order valence-electron chi connectivity index (χ1n) is 6.42. The molecule has 0 aliphatic rings. The Balaban J connectivity index is 2.19. The lowest BCUT2D eigenvalue weighted by Crippen LogP contribution is -2.30. The highest BCUT2D eigenvalue weighted by atomic mass is 16.4. The van der Waals surface area contributed by atoms with E-state index < -0.39 is 5.97 Å². The number of aromatic nitrogens is 2. The quantitative estimate of drug-likeness (QED) is 0.866. The van der Waals surface area contributed by atoms with E-state index in [4.69, 9.17) is 5.11 Å². The summed E-state index contributed by atoms with van der Waals surface area (Å²) in [6.07, 6.45) is 1.55. The Labute approximate surface area is 116 Å². The van der Waals surface area contributed by atoms with E-state index in [1.54, 1.807) is 17.0 Å². The van der Waals surface area contributed by atoms with Crippen LogP contribution in [-0.2, 0) is 11.3 Å². The highest BCUT2D eigenvalue weighted by molar-refractivity contribution is 5.92. The lowest BCUT2D eigenvalue weighted by molar-refractivity contribution is -0.121. The number of imidazole rings is 1. The van der Waals surface area contributed by atoms with E-state index in [0.29, 0.717) is 23.5 Å². The first-order chi connectivity index (χ1) is 9.47. The second-order valence-electron chi connectivity index (χ2n) is 5.08. The lowest BCUT2D eigenvalue weighted by Gasteiger charge is -2.08. The van der Waals surface area contributed by atoms with Gasteiger partial charge in [0.1, 0.15) is 6.54 Å². The van der Waals surface area contributed by atoms with Crippen LogP contribution in [0.25, 0.3) is 11.0 Å². The van der Waals surface area contributed by atoms with Crippen LogP contribution in [0.4, 0.5) is 0 Å². The molecule has 0 spiro atoms. The molecule has 1 aromatic carbocycles. The number of amides is 1. The summed E-state index contributed by atoms with van der Waals surface area (Å²) < 4.78 is 1.65. The van der Waals surface area contributed by atoms with Crippen molar-refractivity contribution in [2.75, 3.05) is 6.54 Å². The second kappa shape index (κ2) is 5.73. The molecule has 6 nitrogen and oxygen atoms in total. The van der Waals surface area contributed by atoms with Crippen molar-refractivity contribution in [1.29, 1.82) is 0 Å². The number of aromatic carboxylic acids is 1. The van der Waals surface area contributed by atoms with Gasteiger partial charge in [-0.3, -0.25) is 4.79 Å². The molecule has 1 amide bonds. The number of carboxylic acid groups (broad SMARTS) is 1. The molecule has 1 heterocycles. The molecule has 1 aromatic heterocycles. The lowest BCUT2D eigenvalue weighted by atomic mass is 10.2. The summed E-state index contributed by atoms with van der Waals surface area (Å²) in [5.41, 5.74) is 1.50. The Morgan fingerprint density at radius 2 is 2.15 bits per heavy atom. The smallest absolute Gasteiger partial charge is 0.335 e. The molecule has 0 saturated carbocycles. The number of hydrogen-bond donors (Lipinski definition) is 2. The van der Waals surface area contributed by atoms with Crippen LogP contribution in [0.1, 0.15) is 24.2 Å². The Kier molecular flexibility index (Phi) is 4.02. The van der Waals surface area contributed by atoms with Crippen molar-refractivity contribution in [3.63, 3.8) is 0 Å². The predicted molar refractivity (Wildman–Crippen MR) is 74.5 cm³/mol. The summed E-state index contributed by atoms with van der Waals surface area (Å²) in [5.74, 6) is -0.722. The number of fused-ring (bicyclic) bond motifs is 1. The molecule has 2 rings (SSSR count). The summed E-state index contributed by atoms with van der Waals surface area (Å²) in [6, 6.07) is 4.67.